The number of ether oxygens (including phenoxy) is 3. The maximum Gasteiger partial charge on any atom is 0.248 e. The van der Waals surface area contributed by atoms with Crippen LogP contribution in [-0.4, -0.2) is 19.8 Å². The summed E-state index contributed by atoms with van der Waals surface area (Å²) >= 11 is 0. The normalized spacial score (nSPS) is 12.8. The van der Waals surface area contributed by atoms with E-state index in [9.17, 15) is 4.79 Å². The van der Waals surface area contributed by atoms with Gasteiger partial charge in [0.1, 0.15) is 11.3 Å². The van der Waals surface area contributed by atoms with Crippen molar-refractivity contribution in [2.75, 3.05) is 19.2 Å². The average molecular weight is 492 g/mol. The minimum Gasteiger partial charge on any atom is -0.496 e. The third-order valence-corrected chi connectivity index (χ3v) is 6.72. The van der Waals surface area contributed by atoms with Crippen molar-refractivity contribution in [1.82, 2.24) is 0 Å². The van der Waals surface area contributed by atoms with Gasteiger partial charge >= 0.3 is 0 Å². The lowest BCUT2D eigenvalue weighted by molar-refractivity contribution is -0.111. The van der Waals surface area contributed by atoms with Crippen LogP contribution in [0.25, 0.3) is 38.4 Å². The first kappa shape index (κ1) is 22.7. The van der Waals surface area contributed by atoms with Crippen LogP contribution in [0.5, 0.6) is 17.2 Å². The Morgan fingerprint density at radius 1 is 0.973 bits per heavy atom. The Labute approximate surface area is 214 Å². The molecule has 0 saturated heterocycles. The van der Waals surface area contributed by atoms with Gasteiger partial charge in [-0.1, -0.05) is 36.4 Å². The SMILES string of the molecule is COc1c(/C(C)=C/C(=O)Nc2ccc3c(c2)OCO3)cc2c(-c3ccc4ccccc4c3)coc2c1C. The Bertz CT molecular complexity index is 1710. The zero-order valence-corrected chi connectivity index (χ0v) is 20.8. The average Bonchev–Trinajstić information content (AvgIpc) is 3.55. The van der Waals surface area contributed by atoms with Gasteiger partial charge in [-0.3, -0.25) is 4.79 Å². The van der Waals surface area contributed by atoms with E-state index in [1.54, 1.807) is 37.6 Å². The lowest BCUT2D eigenvalue weighted by Gasteiger charge is -2.13. The van der Waals surface area contributed by atoms with Crippen molar-refractivity contribution in [3.05, 3.63) is 90.2 Å². The third-order valence-electron chi connectivity index (χ3n) is 6.72. The molecule has 0 saturated carbocycles. The molecule has 1 aliphatic heterocycles. The van der Waals surface area contributed by atoms with Crippen LogP contribution in [0.2, 0.25) is 0 Å². The fourth-order valence-corrected chi connectivity index (χ4v) is 4.88. The predicted molar refractivity (Wildman–Crippen MR) is 145 cm³/mol. The van der Waals surface area contributed by atoms with E-state index >= 15 is 0 Å². The van der Waals surface area contributed by atoms with Crippen LogP contribution in [0.1, 0.15) is 18.1 Å². The molecule has 0 bridgehead atoms. The second-order valence-electron chi connectivity index (χ2n) is 9.06. The Morgan fingerprint density at radius 3 is 2.62 bits per heavy atom. The van der Waals surface area contributed by atoms with E-state index in [2.05, 4.69) is 35.6 Å². The smallest absolute Gasteiger partial charge is 0.248 e. The molecule has 6 rings (SSSR count). The molecule has 5 aromatic rings. The van der Waals surface area contributed by atoms with Crippen LogP contribution < -0.4 is 19.5 Å². The van der Waals surface area contributed by atoms with E-state index in [1.807, 2.05) is 32.0 Å². The van der Waals surface area contributed by atoms with E-state index in [0.29, 0.717) is 22.9 Å². The number of furan rings is 1. The van der Waals surface area contributed by atoms with Crippen LogP contribution >= 0.6 is 0 Å². The van der Waals surface area contributed by atoms with Crippen LogP contribution in [-0.2, 0) is 4.79 Å². The molecule has 0 unspecified atom stereocenters. The van der Waals surface area contributed by atoms with Crippen LogP contribution in [0.4, 0.5) is 5.69 Å². The van der Waals surface area contributed by atoms with E-state index in [1.165, 1.54) is 5.39 Å². The number of anilines is 1. The molecule has 37 heavy (non-hydrogen) atoms. The van der Waals surface area contributed by atoms with Crippen LogP contribution in [0.15, 0.2) is 83.5 Å². The van der Waals surface area contributed by atoms with Crippen molar-refractivity contribution < 1.29 is 23.4 Å². The summed E-state index contributed by atoms with van der Waals surface area (Å²) in [7, 11) is 1.63. The molecule has 1 N–H and O–H groups in total. The van der Waals surface area contributed by atoms with Crippen molar-refractivity contribution in [2.24, 2.45) is 0 Å². The number of carbonyl (C=O) groups excluding carboxylic acids is 1. The molecule has 1 amide bonds. The molecular weight excluding hydrogens is 466 g/mol. The first-order valence-electron chi connectivity index (χ1n) is 12.0. The van der Waals surface area contributed by atoms with Gasteiger partial charge in [-0.15, -0.1) is 0 Å². The lowest BCUT2D eigenvalue weighted by atomic mass is 9.95. The van der Waals surface area contributed by atoms with Gasteiger partial charge in [0, 0.05) is 39.9 Å². The van der Waals surface area contributed by atoms with Gasteiger partial charge in [-0.25, -0.2) is 0 Å². The minimum atomic E-state index is -0.252. The van der Waals surface area contributed by atoms with E-state index in [4.69, 9.17) is 18.6 Å². The minimum absolute atomic E-state index is 0.183. The summed E-state index contributed by atoms with van der Waals surface area (Å²) in [5, 5.41) is 6.21. The van der Waals surface area contributed by atoms with Crippen molar-refractivity contribution in [1.29, 1.82) is 0 Å². The number of methoxy groups -OCH3 is 1. The van der Waals surface area contributed by atoms with E-state index < -0.39 is 0 Å². The predicted octanol–water partition coefficient (Wildman–Crippen LogP) is 7.34. The highest BCUT2D eigenvalue weighted by atomic mass is 16.7. The Kier molecular flexibility index (Phi) is 5.57. The highest BCUT2D eigenvalue weighted by Crippen LogP contribution is 2.41. The Balaban J connectivity index is 1.38. The summed E-state index contributed by atoms with van der Waals surface area (Å²) < 4.78 is 22.5. The summed E-state index contributed by atoms with van der Waals surface area (Å²) in [5.74, 6) is 1.71. The first-order valence-corrected chi connectivity index (χ1v) is 12.0. The maximum absolute atomic E-state index is 12.9. The molecule has 0 atom stereocenters. The number of amides is 1. The molecule has 1 aliphatic rings. The number of aryl methyl sites for hydroxylation is 1. The second-order valence-corrected chi connectivity index (χ2v) is 9.06. The fraction of sp³-hybridized carbons (Fsp3) is 0.129. The largest absolute Gasteiger partial charge is 0.496 e. The zero-order chi connectivity index (χ0) is 25.5. The maximum atomic E-state index is 12.9. The number of benzene rings is 4. The van der Waals surface area contributed by atoms with E-state index in [0.717, 1.165) is 44.2 Å². The van der Waals surface area contributed by atoms with Gasteiger partial charge in [-0.2, -0.15) is 0 Å². The summed E-state index contributed by atoms with van der Waals surface area (Å²) in [6, 6.07) is 22.0. The third kappa shape index (κ3) is 4.06. The highest BCUT2D eigenvalue weighted by molar-refractivity contribution is 6.06. The Morgan fingerprint density at radius 2 is 1.78 bits per heavy atom. The monoisotopic (exact) mass is 491 g/mol. The second kappa shape index (κ2) is 9.06. The van der Waals surface area contributed by atoms with E-state index in [-0.39, 0.29) is 12.7 Å². The molecule has 0 radical (unpaired) electrons. The van der Waals surface area contributed by atoms with Crippen LogP contribution in [0, 0.1) is 6.92 Å². The molecule has 6 heteroatoms. The lowest BCUT2D eigenvalue weighted by Crippen LogP contribution is -2.08. The number of fused-ring (bicyclic) bond motifs is 3. The Hall–Kier alpha value is -4.71. The van der Waals surface area contributed by atoms with Gasteiger partial charge in [0.05, 0.1) is 13.4 Å². The standard InChI is InChI=1S/C31H25NO5/c1-18(12-29(33)32-23-10-11-27-28(14-23)37-17-36-27)24-15-25-26(16-35-31(25)19(2)30(24)34-3)22-9-8-20-6-4-5-7-21(20)13-22/h4-16H,17H2,1-3H3,(H,32,33)/b18-12+. The van der Waals surface area contributed by atoms with Gasteiger partial charge in [0.25, 0.3) is 0 Å². The molecule has 0 aliphatic carbocycles. The summed E-state index contributed by atoms with van der Waals surface area (Å²) in [6.45, 7) is 4.05. The van der Waals surface area contributed by atoms with Crippen molar-refractivity contribution in [2.45, 2.75) is 13.8 Å². The number of carbonyl (C=O) groups is 1. The molecule has 0 fully saturated rings. The van der Waals surface area contributed by atoms with Crippen molar-refractivity contribution in [3.8, 4) is 28.4 Å². The number of allylic oxidation sites excluding steroid dienone is 1. The first-order chi connectivity index (χ1) is 18.0. The fourth-order valence-electron chi connectivity index (χ4n) is 4.88. The summed E-state index contributed by atoms with van der Waals surface area (Å²) in [4.78, 5) is 12.9. The number of hydrogen-bond donors (Lipinski definition) is 1. The molecule has 4 aromatic carbocycles. The highest BCUT2D eigenvalue weighted by Gasteiger charge is 2.19. The van der Waals surface area contributed by atoms with Gasteiger partial charge in [0.2, 0.25) is 12.7 Å². The molecule has 0 spiro atoms. The van der Waals surface area contributed by atoms with Gasteiger partial charge < -0.3 is 23.9 Å². The van der Waals surface area contributed by atoms with Gasteiger partial charge in [-0.05, 0) is 60.0 Å². The van der Waals surface area contributed by atoms with Crippen molar-refractivity contribution in [3.63, 3.8) is 0 Å². The topological polar surface area (TPSA) is 69.9 Å². The van der Waals surface area contributed by atoms with Crippen LogP contribution in [0.3, 0.4) is 0 Å². The molecule has 2 heterocycles. The van der Waals surface area contributed by atoms with Crippen molar-refractivity contribution >= 4 is 38.9 Å². The number of rotatable bonds is 5. The van der Waals surface area contributed by atoms with Gasteiger partial charge in [0.15, 0.2) is 11.5 Å². The molecule has 1 aromatic heterocycles. The molecular formula is C31H25NO5. The number of nitrogens with one attached hydrogen (secondary N) is 1. The number of hydrogen-bond acceptors (Lipinski definition) is 5. The molecule has 6 nitrogen and oxygen atoms in total. The molecule has 184 valence electrons. The summed E-state index contributed by atoms with van der Waals surface area (Å²) in [6.07, 6.45) is 3.36. The quantitative estimate of drug-likeness (QED) is 0.261. The summed E-state index contributed by atoms with van der Waals surface area (Å²) in [5.41, 5.74) is 5.93. The zero-order valence-electron chi connectivity index (χ0n) is 20.8.